The van der Waals surface area contributed by atoms with Crippen LogP contribution in [0, 0.1) is 13.8 Å². The van der Waals surface area contributed by atoms with Gasteiger partial charge in [-0.2, -0.15) is 0 Å². The highest BCUT2D eigenvalue weighted by molar-refractivity contribution is 9.10. The van der Waals surface area contributed by atoms with Gasteiger partial charge in [-0.3, -0.25) is 0 Å². The van der Waals surface area contributed by atoms with Gasteiger partial charge in [0.05, 0.1) is 4.47 Å². The Labute approximate surface area is 85.3 Å². The van der Waals surface area contributed by atoms with Crippen molar-refractivity contribution in [2.45, 2.75) is 13.8 Å². The van der Waals surface area contributed by atoms with Crippen LogP contribution in [0.2, 0.25) is 0 Å². The summed E-state index contributed by atoms with van der Waals surface area (Å²) >= 11 is 3.50. The molecule has 13 heavy (non-hydrogen) atoms. The molecule has 0 bridgehead atoms. The zero-order valence-corrected chi connectivity index (χ0v) is 9.20. The monoisotopic (exact) mass is 238 g/mol. The molecule has 0 amide bonds. The Hall–Kier alpha value is -0.960. The van der Waals surface area contributed by atoms with E-state index in [9.17, 15) is 0 Å². The van der Waals surface area contributed by atoms with E-state index in [-0.39, 0.29) is 0 Å². The number of hydrogen-bond acceptors (Lipinski definition) is 1. The van der Waals surface area contributed by atoms with Gasteiger partial charge in [0.2, 0.25) is 0 Å². The lowest BCUT2D eigenvalue weighted by molar-refractivity contribution is 1.25. The van der Waals surface area contributed by atoms with Crippen molar-refractivity contribution in [3.63, 3.8) is 0 Å². The quantitative estimate of drug-likeness (QED) is 0.681. The zero-order valence-electron chi connectivity index (χ0n) is 7.61. The average Bonchev–Trinajstić information content (AvgIpc) is 2.37. The van der Waals surface area contributed by atoms with Gasteiger partial charge in [0, 0.05) is 22.3 Å². The van der Waals surface area contributed by atoms with Crippen molar-refractivity contribution >= 4 is 32.5 Å². The van der Waals surface area contributed by atoms with Crippen LogP contribution >= 0.6 is 15.9 Å². The third-order valence-corrected chi connectivity index (χ3v) is 3.29. The molecule has 3 heteroatoms. The number of hydrogen-bond donors (Lipinski definition) is 2. The summed E-state index contributed by atoms with van der Waals surface area (Å²) in [5.41, 5.74) is 10.2. The molecule has 1 heterocycles. The molecule has 3 N–H and O–H groups in total. The van der Waals surface area contributed by atoms with Crippen molar-refractivity contribution in [2.75, 3.05) is 5.73 Å². The second-order valence-electron chi connectivity index (χ2n) is 3.27. The zero-order chi connectivity index (χ0) is 9.59. The van der Waals surface area contributed by atoms with Crippen molar-refractivity contribution in [2.24, 2.45) is 0 Å². The molecule has 0 fully saturated rings. The second-order valence-corrected chi connectivity index (χ2v) is 4.06. The van der Waals surface area contributed by atoms with Gasteiger partial charge >= 0.3 is 0 Å². The van der Waals surface area contributed by atoms with Gasteiger partial charge in [0.1, 0.15) is 0 Å². The average molecular weight is 239 g/mol. The van der Waals surface area contributed by atoms with E-state index in [1.807, 2.05) is 12.1 Å². The molecular formula is C10H11BrN2. The van der Waals surface area contributed by atoms with E-state index in [1.54, 1.807) is 0 Å². The summed E-state index contributed by atoms with van der Waals surface area (Å²) in [7, 11) is 0. The van der Waals surface area contributed by atoms with E-state index in [2.05, 4.69) is 34.8 Å². The fourth-order valence-electron chi connectivity index (χ4n) is 1.55. The fraction of sp³-hybridized carbons (Fsp3) is 0.200. The Morgan fingerprint density at radius 2 is 2.00 bits per heavy atom. The van der Waals surface area contributed by atoms with E-state index in [1.165, 1.54) is 16.6 Å². The number of anilines is 1. The Morgan fingerprint density at radius 1 is 1.31 bits per heavy atom. The fourth-order valence-corrected chi connectivity index (χ4v) is 2.19. The van der Waals surface area contributed by atoms with E-state index in [0.29, 0.717) is 0 Å². The predicted molar refractivity (Wildman–Crippen MR) is 59.9 cm³/mol. The number of aromatic nitrogens is 1. The number of halogens is 1. The van der Waals surface area contributed by atoms with Crippen molar-refractivity contribution in [3.05, 3.63) is 27.9 Å². The minimum atomic E-state index is 0.787. The molecule has 2 rings (SSSR count). The van der Waals surface area contributed by atoms with Gasteiger partial charge < -0.3 is 10.7 Å². The summed E-state index contributed by atoms with van der Waals surface area (Å²) in [6.07, 6.45) is 0. The van der Waals surface area contributed by atoms with E-state index >= 15 is 0 Å². The summed E-state index contributed by atoms with van der Waals surface area (Å²) in [6, 6.07) is 3.91. The number of H-pyrrole nitrogens is 1. The molecule has 1 aromatic carbocycles. The number of benzene rings is 1. The number of nitrogen functional groups attached to an aromatic ring is 1. The molecule has 0 spiro atoms. The highest BCUT2D eigenvalue weighted by Gasteiger charge is 2.08. The number of nitrogens with two attached hydrogens (primary N) is 1. The van der Waals surface area contributed by atoms with Gasteiger partial charge in [0.25, 0.3) is 0 Å². The highest BCUT2D eigenvalue weighted by Crippen LogP contribution is 2.32. The van der Waals surface area contributed by atoms with E-state index in [0.717, 1.165) is 15.7 Å². The lowest BCUT2D eigenvalue weighted by atomic mass is 10.1. The molecule has 2 aromatic rings. The van der Waals surface area contributed by atoms with Crippen LogP contribution in [0.4, 0.5) is 5.69 Å². The van der Waals surface area contributed by atoms with Crippen LogP contribution in [0.5, 0.6) is 0 Å². The number of rotatable bonds is 0. The normalized spacial score (nSPS) is 11.0. The molecule has 0 unspecified atom stereocenters. The molecule has 0 aliphatic rings. The van der Waals surface area contributed by atoms with Gasteiger partial charge in [-0.1, -0.05) is 0 Å². The molecule has 0 aliphatic heterocycles. The molecule has 68 valence electrons. The minimum Gasteiger partial charge on any atom is -0.398 e. The molecule has 1 aromatic heterocycles. The number of nitrogens with one attached hydrogen (secondary N) is 1. The van der Waals surface area contributed by atoms with Crippen LogP contribution < -0.4 is 5.73 Å². The maximum absolute atomic E-state index is 5.80. The molecule has 0 saturated carbocycles. The van der Waals surface area contributed by atoms with Crippen LogP contribution in [-0.2, 0) is 0 Å². The van der Waals surface area contributed by atoms with Gasteiger partial charge in [-0.05, 0) is 47.5 Å². The maximum atomic E-state index is 5.80. The van der Waals surface area contributed by atoms with Crippen molar-refractivity contribution in [3.8, 4) is 0 Å². The standard InChI is InChI=1S/C10H11BrN2/c1-5-6(2)13-8-4-3-7(12)10(11)9(5)8/h3-4,13H,12H2,1-2H3. The SMILES string of the molecule is Cc1[nH]c2ccc(N)c(Br)c2c1C. The first-order valence-corrected chi connectivity index (χ1v) is 4.93. The summed E-state index contributed by atoms with van der Waals surface area (Å²) in [5.74, 6) is 0. The van der Waals surface area contributed by atoms with Crippen LogP contribution in [0.3, 0.4) is 0 Å². The van der Waals surface area contributed by atoms with Crippen LogP contribution in [0.1, 0.15) is 11.3 Å². The second kappa shape index (κ2) is 2.77. The molecule has 0 atom stereocenters. The highest BCUT2D eigenvalue weighted by atomic mass is 79.9. The first-order chi connectivity index (χ1) is 6.11. The lowest BCUT2D eigenvalue weighted by Gasteiger charge is -2.00. The third kappa shape index (κ3) is 1.15. The van der Waals surface area contributed by atoms with Gasteiger partial charge in [0.15, 0.2) is 0 Å². The predicted octanol–water partition coefficient (Wildman–Crippen LogP) is 3.13. The van der Waals surface area contributed by atoms with Gasteiger partial charge in [-0.15, -0.1) is 0 Å². The topological polar surface area (TPSA) is 41.8 Å². The third-order valence-electron chi connectivity index (χ3n) is 2.43. The molecule has 0 radical (unpaired) electrons. The lowest BCUT2D eigenvalue weighted by Crippen LogP contribution is -1.86. The first-order valence-electron chi connectivity index (χ1n) is 4.14. The van der Waals surface area contributed by atoms with Crippen molar-refractivity contribution < 1.29 is 0 Å². The summed E-state index contributed by atoms with van der Waals surface area (Å²) < 4.78 is 0.992. The Morgan fingerprint density at radius 3 is 2.69 bits per heavy atom. The Balaban J connectivity index is 2.97. The van der Waals surface area contributed by atoms with Crippen molar-refractivity contribution in [1.29, 1.82) is 0 Å². The summed E-state index contributed by atoms with van der Waals surface area (Å²) in [4.78, 5) is 3.31. The number of fused-ring (bicyclic) bond motifs is 1. The molecule has 2 nitrogen and oxygen atoms in total. The summed E-state index contributed by atoms with van der Waals surface area (Å²) in [5, 5.41) is 1.19. The number of aryl methyl sites for hydroxylation is 2. The van der Waals surface area contributed by atoms with Gasteiger partial charge in [-0.25, -0.2) is 0 Å². The largest absolute Gasteiger partial charge is 0.398 e. The van der Waals surface area contributed by atoms with Crippen LogP contribution in [-0.4, -0.2) is 4.98 Å². The Bertz CT molecular complexity index is 471. The van der Waals surface area contributed by atoms with Crippen LogP contribution in [0.25, 0.3) is 10.9 Å². The van der Waals surface area contributed by atoms with Crippen LogP contribution in [0.15, 0.2) is 16.6 Å². The molecule has 0 saturated heterocycles. The minimum absolute atomic E-state index is 0.787. The van der Waals surface area contributed by atoms with Crippen molar-refractivity contribution in [1.82, 2.24) is 4.98 Å². The van der Waals surface area contributed by atoms with E-state index in [4.69, 9.17) is 5.73 Å². The maximum Gasteiger partial charge on any atom is 0.0501 e. The Kier molecular flexibility index (Phi) is 1.84. The summed E-state index contributed by atoms with van der Waals surface area (Å²) in [6.45, 7) is 4.16. The van der Waals surface area contributed by atoms with E-state index < -0.39 is 0 Å². The first kappa shape index (κ1) is 8.63. The molecule has 0 aliphatic carbocycles. The number of aromatic amines is 1. The smallest absolute Gasteiger partial charge is 0.0501 e. The molecular weight excluding hydrogens is 228 g/mol.